The van der Waals surface area contributed by atoms with Gasteiger partial charge in [-0.3, -0.25) is 4.72 Å². The van der Waals surface area contributed by atoms with Crippen molar-refractivity contribution in [1.82, 2.24) is 10.2 Å². The molecular weight excluding hydrogens is 376 g/mol. The van der Waals surface area contributed by atoms with Crippen LogP contribution in [0.2, 0.25) is 0 Å². The number of nitrogens with zero attached hydrogens (tertiary/aromatic N) is 2. The molecule has 3 aromatic rings. The van der Waals surface area contributed by atoms with Gasteiger partial charge >= 0.3 is 0 Å². The molecule has 0 atom stereocenters. The topological polar surface area (TPSA) is 93.2 Å². The molecule has 2 N–H and O–H groups in total. The minimum Gasteiger partial charge on any atom is -0.497 e. The SMILES string of the molecule is COc1cccc(Nc2ccc(NS(=O)(=O)CCCc3ccccc3)nn2)c1. The zero-order valence-corrected chi connectivity index (χ0v) is 16.3. The lowest BCUT2D eigenvalue weighted by atomic mass is 10.1. The number of methoxy groups -OCH3 is 1. The number of ether oxygens (including phenoxy) is 1. The molecule has 0 amide bonds. The lowest BCUT2D eigenvalue weighted by Crippen LogP contribution is -2.18. The average Bonchev–Trinajstić information content (AvgIpc) is 2.70. The maximum Gasteiger partial charge on any atom is 0.233 e. The van der Waals surface area contributed by atoms with Crippen LogP contribution in [-0.4, -0.2) is 31.5 Å². The van der Waals surface area contributed by atoms with Crippen LogP contribution in [0.1, 0.15) is 12.0 Å². The summed E-state index contributed by atoms with van der Waals surface area (Å²) < 4.78 is 32.1. The van der Waals surface area contributed by atoms with E-state index in [-0.39, 0.29) is 11.6 Å². The highest BCUT2D eigenvalue weighted by Gasteiger charge is 2.11. The van der Waals surface area contributed by atoms with Gasteiger partial charge in [0.25, 0.3) is 0 Å². The molecule has 0 spiro atoms. The molecule has 28 heavy (non-hydrogen) atoms. The summed E-state index contributed by atoms with van der Waals surface area (Å²) in [4.78, 5) is 0. The summed E-state index contributed by atoms with van der Waals surface area (Å²) in [7, 11) is -1.88. The van der Waals surface area contributed by atoms with Crippen molar-refractivity contribution in [2.45, 2.75) is 12.8 Å². The van der Waals surface area contributed by atoms with Gasteiger partial charge in [-0.15, -0.1) is 10.2 Å². The summed E-state index contributed by atoms with van der Waals surface area (Å²) in [6.07, 6.45) is 1.24. The van der Waals surface area contributed by atoms with Crippen molar-refractivity contribution in [3.05, 3.63) is 72.3 Å². The Kier molecular flexibility index (Phi) is 6.44. The zero-order valence-electron chi connectivity index (χ0n) is 15.5. The van der Waals surface area contributed by atoms with Gasteiger partial charge in [0.15, 0.2) is 11.6 Å². The van der Waals surface area contributed by atoms with E-state index in [1.165, 1.54) is 0 Å². The fourth-order valence-corrected chi connectivity index (χ4v) is 3.68. The van der Waals surface area contributed by atoms with Gasteiger partial charge in [-0.1, -0.05) is 36.4 Å². The fourth-order valence-electron chi connectivity index (χ4n) is 2.62. The van der Waals surface area contributed by atoms with E-state index in [0.717, 1.165) is 17.0 Å². The Hall–Kier alpha value is -3.13. The molecule has 0 aliphatic rings. The third-order valence-electron chi connectivity index (χ3n) is 3.99. The van der Waals surface area contributed by atoms with Crippen LogP contribution in [-0.2, 0) is 16.4 Å². The van der Waals surface area contributed by atoms with E-state index in [4.69, 9.17) is 4.74 Å². The molecule has 146 valence electrons. The number of hydrogen-bond acceptors (Lipinski definition) is 6. The molecule has 1 aromatic heterocycles. The fraction of sp³-hybridized carbons (Fsp3) is 0.200. The first-order valence-electron chi connectivity index (χ1n) is 8.83. The van der Waals surface area contributed by atoms with Gasteiger partial charge in [0, 0.05) is 11.8 Å². The first-order chi connectivity index (χ1) is 13.5. The third-order valence-corrected chi connectivity index (χ3v) is 5.33. The van der Waals surface area contributed by atoms with Crippen LogP contribution in [0.3, 0.4) is 0 Å². The summed E-state index contributed by atoms with van der Waals surface area (Å²) in [6.45, 7) is 0. The number of sulfonamides is 1. The second-order valence-corrected chi connectivity index (χ2v) is 8.01. The lowest BCUT2D eigenvalue weighted by molar-refractivity contribution is 0.415. The highest BCUT2D eigenvalue weighted by atomic mass is 32.2. The Morgan fingerprint density at radius 2 is 1.68 bits per heavy atom. The van der Waals surface area contributed by atoms with Crippen LogP contribution in [0.4, 0.5) is 17.3 Å². The molecule has 1 heterocycles. The Morgan fingerprint density at radius 3 is 2.39 bits per heavy atom. The summed E-state index contributed by atoms with van der Waals surface area (Å²) in [5.74, 6) is 1.43. The molecule has 0 fully saturated rings. The van der Waals surface area contributed by atoms with Crippen molar-refractivity contribution in [3.63, 3.8) is 0 Å². The highest BCUT2D eigenvalue weighted by molar-refractivity contribution is 7.92. The predicted octanol–water partition coefficient (Wildman–Crippen LogP) is 3.60. The van der Waals surface area contributed by atoms with Crippen molar-refractivity contribution < 1.29 is 13.2 Å². The molecule has 7 nitrogen and oxygen atoms in total. The van der Waals surface area contributed by atoms with Gasteiger partial charge in [-0.25, -0.2) is 8.42 Å². The molecule has 0 aliphatic carbocycles. The summed E-state index contributed by atoms with van der Waals surface area (Å²) in [5, 5.41) is 11.0. The largest absolute Gasteiger partial charge is 0.497 e. The summed E-state index contributed by atoms with van der Waals surface area (Å²) in [6, 6.07) is 20.4. The Morgan fingerprint density at radius 1 is 0.929 bits per heavy atom. The second-order valence-electron chi connectivity index (χ2n) is 6.17. The molecular formula is C20H22N4O3S. The van der Waals surface area contributed by atoms with Crippen LogP contribution in [0.5, 0.6) is 5.75 Å². The van der Waals surface area contributed by atoms with Gasteiger partial charge in [-0.05, 0) is 42.7 Å². The van der Waals surface area contributed by atoms with Gasteiger partial charge in [0.1, 0.15) is 5.75 Å². The van der Waals surface area contributed by atoms with Gasteiger partial charge in [-0.2, -0.15) is 0 Å². The minimum atomic E-state index is -3.47. The quantitative estimate of drug-likeness (QED) is 0.572. The first kappa shape index (κ1) is 19.6. The van der Waals surface area contributed by atoms with E-state index >= 15 is 0 Å². The van der Waals surface area contributed by atoms with Gasteiger partial charge in [0.05, 0.1) is 12.9 Å². The summed E-state index contributed by atoms with van der Waals surface area (Å²) in [5.41, 5.74) is 1.91. The molecule has 0 saturated carbocycles. The first-order valence-corrected chi connectivity index (χ1v) is 10.5. The molecule has 0 saturated heterocycles. The number of aromatic nitrogens is 2. The lowest BCUT2D eigenvalue weighted by Gasteiger charge is -2.09. The number of aryl methyl sites for hydroxylation is 1. The average molecular weight is 398 g/mol. The van der Waals surface area contributed by atoms with Crippen molar-refractivity contribution in [2.24, 2.45) is 0 Å². The van der Waals surface area contributed by atoms with Gasteiger partial charge in [0.2, 0.25) is 10.0 Å². The minimum absolute atomic E-state index is 0.0212. The van der Waals surface area contributed by atoms with Crippen molar-refractivity contribution in [3.8, 4) is 5.75 Å². The standard InChI is InChI=1S/C20H22N4O3S/c1-27-18-11-5-10-17(15-18)21-19-12-13-20(23-22-19)24-28(25,26)14-6-9-16-7-3-2-4-8-16/h2-5,7-8,10-13,15H,6,9,14H2,1H3,(H,21,22)(H,23,24). The smallest absolute Gasteiger partial charge is 0.233 e. The number of anilines is 3. The molecule has 0 radical (unpaired) electrons. The second kappa shape index (κ2) is 9.18. The zero-order chi connectivity index (χ0) is 19.8. The Balaban J connectivity index is 1.53. The molecule has 0 unspecified atom stereocenters. The van der Waals surface area contributed by atoms with Crippen molar-refractivity contribution >= 4 is 27.3 Å². The molecule has 0 bridgehead atoms. The maximum atomic E-state index is 12.2. The van der Waals surface area contributed by atoms with E-state index in [1.807, 2.05) is 54.6 Å². The maximum absolute atomic E-state index is 12.2. The highest BCUT2D eigenvalue weighted by Crippen LogP contribution is 2.20. The normalized spacial score (nSPS) is 11.0. The van der Waals surface area contributed by atoms with E-state index in [2.05, 4.69) is 20.2 Å². The molecule has 8 heteroatoms. The number of hydrogen-bond donors (Lipinski definition) is 2. The van der Waals surface area contributed by atoms with Crippen molar-refractivity contribution in [1.29, 1.82) is 0 Å². The van der Waals surface area contributed by atoms with Crippen LogP contribution >= 0.6 is 0 Å². The number of nitrogens with one attached hydrogen (secondary N) is 2. The van der Waals surface area contributed by atoms with Crippen LogP contribution in [0.15, 0.2) is 66.7 Å². The predicted molar refractivity (Wildman–Crippen MR) is 110 cm³/mol. The Bertz CT molecular complexity index is 993. The van der Waals surface area contributed by atoms with E-state index in [0.29, 0.717) is 18.7 Å². The van der Waals surface area contributed by atoms with E-state index < -0.39 is 10.0 Å². The van der Waals surface area contributed by atoms with Crippen LogP contribution in [0, 0.1) is 0 Å². The monoisotopic (exact) mass is 398 g/mol. The van der Waals surface area contributed by atoms with Gasteiger partial charge < -0.3 is 10.1 Å². The van der Waals surface area contributed by atoms with Crippen molar-refractivity contribution in [2.75, 3.05) is 22.9 Å². The Labute approximate surface area is 164 Å². The molecule has 3 rings (SSSR count). The van der Waals surface area contributed by atoms with E-state index in [9.17, 15) is 8.42 Å². The number of benzene rings is 2. The summed E-state index contributed by atoms with van der Waals surface area (Å²) >= 11 is 0. The number of rotatable bonds is 9. The van der Waals surface area contributed by atoms with Crippen LogP contribution < -0.4 is 14.8 Å². The van der Waals surface area contributed by atoms with Crippen LogP contribution in [0.25, 0.3) is 0 Å². The molecule has 2 aromatic carbocycles. The third kappa shape index (κ3) is 5.95. The molecule has 0 aliphatic heterocycles. The van der Waals surface area contributed by atoms with E-state index in [1.54, 1.807) is 19.2 Å².